The van der Waals surface area contributed by atoms with Crippen LogP contribution in [0.15, 0.2) is 10.7 Å². The van der Waals surface area contributed by atoms with Crippen molar-refractivity contribution in [1.29, 1.82) is 0 Å². The lowest BCUT2D eigenvalue weighted by Crippen LogP contribution is -1.95. The molecule has 3 N–H and O–H groups in total. The molecule has 0 atom stereocenters. The van der Waals surface area contributed by atoms with Crippen LogP contribution in [0.3, 0.4) is 0 Å². The van der Waals surface area contributed by atoms with E-state index in [0.717, 1.165) is 10.3 Å². The molecule has 1 aromatic rings. The first-order valence-corrected chi connectivity index (χ1v) is 3.02. The molecule has 0 saturated carbocycles. The van der Waals surface area contributed by atoms with Crippen LogP contribution in [0.25, 0.3) is 0 Å². The van der Waals surface area contributed by atoms with Gasteiger partial charge in [-0.1, -0.05) is 0 Å². The highest BCUT2D eigenvalue weighted by atomic mass is 79.9. The third-order valence-corrected chi connectivity index (χ3v) is 1.23. The highest BCUT2D eigenvalue weighted by Gasteiger charge is 1.91. The Labute approximate surface area is 67.6 Å². The fraction of sp³-hybridized carbons (Fsp3) is 0.250. The smallest absolute Gasteiger partial charge is 0.128 e. The van der Waals surface area contributed by atoms with E-state index >= 15 is 0 Å². The highest BCUT2D eigenvalue weighted by molar-refractivity contribution is 9.10. The van der Waals surface area contributed by atoms with Crippen molar-refractivity contribution < 1.29 is 0 Å². The zero-order valence-electron chi connectivity index (χ0n) is 4.60. The summed E-state index contributed by atoms with van der Waals surface area (Å²) in [6, 6.07) is 1.85. The average molecular weight is 212 g/mol. The van der Waals surface area contributed by atoms with Crippen LogP contribution in [0.1, 0.15) is 5.69 Å². The van der Waals surface area contributed by atoms with E-state index in [4.69, 9.17) is 5.73 Å². The van der Waals surface area contributed by atoms with Gasteiger partial charge in [0.25, 0.3) is 0 Å². The fourth-order valence-corrected chi connectivity index (χ4v) is 0.803. The van der Waals surface area contributed by atoms with Gasteiger partial charge >= 0.3 is 0 Å². The number of rotatable bonds is 1. The lowest BCUT2D eigenvalue weighted by molar-refractivity contribution is 0.943. The van der Waals surface area contributed by atoms with Gasteiger partial charge in [-0.2, -0.15) is 5.10 Å². The normalized spacial score (nSPS) is 8.67. The van der Waals surface area contributed by atoms with Crippen LogP contribution < -0.4 is 5.73 Å². The van der Waals surface area contributed by atoms with Crippen molar-refractivity contribution in [3.05, 3.63) is 16.4 Å². The maximum absolute atomic E-state index is 5.27. The minimum atomic E-state index is 0. The van der Waals surface area contributed by atoms with Crippen LogP contribution in [0.2, 0.25) is 0 Å². The fourth-order valence-electron chi connectivity index (χ4n) is 0.438. The number of hydrogen-bond donors (Lipinski definition) is 2. The summed E-state index contributed by atoms with van der Waals surface area (Å²) in [7, 11) is 0. The molecule has 52 valence electrons. The first kappa shape index (κ1) is 8.94. The molecule has 0 radical (unpaired) electrons. The van der Waals surface area contributed by atoms with Crippen LogP contribution in [0.5, 0.6) is 0 Å². The van der Waals surface area contributed by atoms with E-state index < -0.39 is 0 Å². The van der Waals surface area contributed by atoms with Crippen molar-refractivity contribution in [2.45, 2.75) is 6.54 Å². The molecule has 5 heteroatoms. The molecule has 3 nitrogen and oxygen atoms in total. The number of halogens is 2. The molecule has 0 aliphatic carbocycles. The first-order valence-electron chi connectivity index (χ1n) is 2.23. The molecule has 0 amide bonds. The van der Waals surface area contributed by atoms with E-state index in [0.29, 0.717) is 6.54 Å². The second-order valence-electron chi connectivity index (χ2n) is 1.42. The van der Waals surface area contributed by atoms with Gasteiger partial charge in [-0.25, -0.2) is 0 Å². The Balaban J connectivity index is 0.000000640. The Kier molecular flexibility index (Phi) is 3.84. The number of aromatic amines is 1. The number of nitrogens with two attached hydrogens (primary N) is 1. The molecule has 9 heavy (non-hydrogen) atoms. The summed E-state index contributed by atoms with van der Waals surface area (Å²) in [6.45, 7) is 0.512. The lowest BCUT2D eigenvalue weighted by Gasteiger charge is -1.80. The summed E-state index contributed by atoms with van der Waals surface area (Å²) in [5.41, 5.74) is 6.21. The lowest BCUT2D eigenvalue weighted by atomic mass is 10.4. The maximum Gasteiger partial charge on any atom is 0.128 e. The Morgan fingerprint density at radius 2 is 2.44 bits per heavy atom. The number of H-pyrrole nitrogens is 1. The summed E-state index contributed by atoms with van der Waals surface area (Å²) in [5, 5.41) is 6.53. The molecule has 0 spiro atoms. The third kappa shape index (κ3) is 2.34. The second-order valence-corrected chi connectivity index (χ2v) is 2.23. The summed E-state index contributed by atoms with van der Waals surface area (Å²) >= 11 is 3.18. The van der Waals surface area contributed by atoms with E-state index in [9.17, 15) is 0 Å². The number of nitrogens with one attached hydrogen (secondary N) is 1. The molecule has 0 fully saturated rings. The van der Waals surface area contributed by atoms with Crippen molar-refractivity contribution in [3.8, 4) is 0 Å². The van der Waals surface area contributed by atoms with E-state index in [-0.39, 0.29) is 12.4 Å². The molecule has 0 bridgehead atoms. The van der Waals surface area contributed by atoms with E-state index in [1.807, 2.05) is 6.07 Å². The van der Waals surface area contributed by atoms with Gasteiger partial charge in [0.05, 0.1) is 0 Å². The van der Waals surface area contributed by atoms with Gasteiger partial charge in [-0.3, -0.25) is 5.10 Å². The molecule has 1 aromatic heterocycles. The van der Waals surface area contributed by atoms with Gasteiger partial charge in [-0.15, -0.1) is 12.4 Å². The van der Waals surface area contributed by atoms with Crippen LogP contribution in [-0.4, -0.2) is 10.2 Å². The Morgan fingerprint density at radius 3 is 2.67 bits per heavy atom. The molecule has 1 heterocycles. The molecule has 0 aliphatic rings. The van der Waals surface area contributed by atoms with Crippen molar-refractivity contribution in [1.82, 2.24) is 10.2 Å². The van der Waals surface area contributed by atoms with Crippen molar-refractivity contribution in [2.75, 3.05) is 0 Å². The summed E-state index contributed by atoms with van der Waals surface area (Å²) < 4.78 is 0.804. The van der Waals surface area contributed by atoms with E-state index in [1.54, 1.807) is 0 Å². The first-order chi connectivity index (χ1) is 3.83. The SMILES string of the molecule is Cl.NCc1cc(Br)n[nH]1. The van der Waals surface area contributed by atoms with Crippen LogP contribution in [0, 0.1) is 0 Å². The van der Waals surface area contributed by atoms with E-state index in [2.05, 4.69) is 26.1 Å². The summed E-state index contributed by atoms with van der Waals surface area (Å²) in [6.07, 6.45) is 0. The van der Waals surface area contributed by atoms with Crippen molar-refractivity contribution in [3.63, 3.8) is 0 Å². The van der Waals surface area contributed by atoms with Gasteiger partial charge in [0.1, 0.15) is 4.60 Å². The van der Waals surface area contributed by atoms with Gasteiger partial charge in [-0.05, 0) is 22.0 Å². The van der Waals surface area contributed by atoms with Gasteiger partial charge in [0.15, 0.2) is 0 Å². The molecule has 0 aromatic carbocycles. The standard InChI is InChI=1S/C4H6BrN3.ClH/c5-4-1-3(2-6)7-8-4;/h1H,2,6H2,(H,7,8);1H. The summed E-state index contributed by atoms with van der Waals surface area (Å²) in [4.78, 5) is 0. The maximum atomic E-state index is 5.27. The Hall–Kier alpha value is -0.0600. The third-order valence-electron chi connectivity index (χ3n) is 0.820. The monoisotopic (exact) mass is 211 g/mol. The molecule has 0 aliphatic heterocycles. The Bertz CT molecular complexity index is 176. The van der Waals surface area contributed by atoms with Crippen molar-refractivity contribution in [2.24, 2.45) is 5.73 Å². The number of hydrogen-bond acceptors (Lipinski definition) is 2. The predicted octanol–water partition coefficient (Wildman–Crippen LogP) is 1.05. The van der Waals surface area contributed by atoms with Gasteiger partial charge < -0.3 is 5.73 Å². The number of aromatic nitrogens is 2. The van der Waals surface area contributed by atoms with Gasteiger partial charge in [0, 0.05) is 12.2 Å². The van der Waals surface area contributed by atoms with Crippen LogP contribution in [0.4, 0.5) is 0 Å². The zero-order valence-corrected chi connectivity index (χ0v) is 7.00. The van der Waals surface area contributed by atoms with Gasteiger partial charge in [0.2, 0.25) is 0 Å². The minimum absolute atomic E-state index is 0. The topological polar surface area (TPSA) is 54.7 Å². The van der Waals surface area contributed by atoms with E-state index in [1.165, 1.54) is 0 Å². The second kappa shape index (κ2) is 3.87. The van der Waals surface area contributed by atoms with Crippen LogP contribution >= 0.6 is 28.3 Å². The molecular weight excluding hydrogens is 205 g/mol. The quantitative estimate of drug-likeness (QED) is 0.731. The average Bonchev–Trinajstić information content (AvgIpc) is 2.14. The highest BCUT2D eigenvalue weighted by Crippen LogP contribution is 2.04. The molecular formula is C4H7BrClN3. The molecule has 0 unspecified atom stereocenters. The van der Waals surface area contributed by atoms with Crippen LogP contribution in [-0.2, 0) is 6.54 Å². The molecule has 0 saturated heterocycles. The largest absolute Gasteiger partial charge is 0.325 e. The van der Waals surface area contributed by atoms with Crippen molar-refractivity contribution >= 4 is 28.3 Å². The number of nitrogens with zero attached hydrogens (tertiary/aromatic N) is 1. The predicted molar refractivity (Wildman–Crippen MR) is 41.4 cm³/mol. The minimum Gasteiger partial charge on any atom is -0.325 e. The summed E-state index contributed by atoms with van der Waals surface area (Å²) in [5.74, 6) is 0. The molecule has 1 rings (SSSR count). The zero-order chi connectivity index (χ0) is 5.98. The Morgan fingerprint density at radius 1 is 1.78 bits per heavy atom.